The molecule has 2 heterocycles. The van der Waals surface area contributed by atoms with Crippen molar-refractivity contribution in [3.8, 4) is 0 Å². The summed E-state index contributed by atoms with van der Waals surface area (Å²) in [4.78, 5) is 0. The highest BCUT2D eigenvalue weighted by Crippen LogP contribution is 2.47. The Morgan fingerprint density at radius 1 is 1.18 bits per heavy atom. The van der Waals surface area contributed by atoms with Crippen molar-refractivity contribution < 1.29 is 4.74 Å². The molecule has 0 unspecified atom stereocenters. The third-order valence-electron chi connectivity index (χ3n) is 5.15. The average Bonchev–Trinajstić information content (AvgIpc) is 3.20. The van der Waals surface area contributed by atoms with Crippen LogP contribution in [0.25, 0.3) is 5.65 Å². The molecular weight excluding hydrogens is 298 g/mol. The van der Waals surface area contributed by atoms with E-state index in [1.807, 2.05) is 22.7 Å². The van der Waals surface area contributed by atoms with Crippen LogP contribution in [0.15, 0.2) is 18.3 Å². The van der Waals surface area contributed by atoms with Crippen molar-refractivity contribution in [3.63, 3.8) is 0 Å². The highest BCUT2D eigenvalue weighted by Gasteiger charge is 2.48. The van der Waals surface area contributed by atoms with Crippen molar-refractivity contribution >= 4 is 17.2 Å². The maximum absolute atomic E-state index is 6.12. The van der Waals surface area contributed by atoms with E-state index in [1.54, 1.807) is 0 Å². The van der Waals surface area contributed by atoms with Gasteiger partial charge in [-0.1, -0.05) is 30.9 Å². The van der Waals surface area contributed by atoms with E-state index in [4.69, 9.17) is 16.3 Å². The van der Waals surface area contributed by atoms with Crippen LogP contribution in [-0.2, 0) is 10.2 Å². The molecule has 2 aliphatic rings. The third kappa shape index (κ3) is 2.74. The fraction of sp³-hybridized carbons (Fsp3) is 0.647. The number of fused-ring (bicyclic) bond motifs is 1. The molecule has 2 aromatic heterocycles. The number of rotatable bonds is 5. The number of halogens is 1. The largest absolute Gasteiger partial charge is 0.380 e. The molecule has 0 bridgehead atoms. The van der Waals surface area contributed by atoms with Crippen LogP contribution in [0.3, 0.4) is 0 Å². The molecule has 0 saturated heterocycles. The van der Waals surface area contributed by atoms with Crippen LogP contribution in [0.1, 0.15) is 50.8 Å². The molecule has 4 rings (SSSR count). The van der Waals surface area contributed by atoms with Crippen LogP contribution < -0.4 is 0 Å². The molecule has 4 nitrogen and oxygen atoms in total. The van der Waals surface area contributed by atoms with Gasteiger partial charge in [0, 0.05) is 12.8 Å². The van der Waals surface area contributed by atoms with Gasteiger partial charge in [-0.05, 0) is 43.7 Å². The zero-order valence-electron chi connectivity index (χ0n) is 12.8. The lowest BCUT2D eigenvalue weighted by Gasteiger charge is -2.22. The Morgan fingerprint density at radius 2 is 2.00 bits per heavy atom. The van der Waals surface area contributed by atoms with Crippen molar-refractivity contribution in [2.24, 2.45) is 5.92 Å². The Kier molecular flexibility index (Phi) is 3.82. The summed E-state index contributed by atoms with van der Waals surface area (Å²) < 4.78 is 8.12. The predicted octanol–water partition coefficient (Wildman–Crippen LogP) is 4.01. The molecule has 0 N–H and O–H groups in total. The van der Waals surface area contributed by atoms with Crippen LogP contribution in [0, 0.1) is 5.92 Å². The monoisotopic (exact) mass is 319 g/mol. The van der Waals surface area contributed by atoms with E-state index in [-0.39, 0.29) is 5.41 Å². The summed E-state index contributed by atoms with van der Waals surface area (Å²) in [5.74, 6) is 1.77. The van der Waals surface area contributed by atoms with Gasteiger partial charge in [0.25, 0.3) is 0 Å². The third-order valence-corrected chi connectivity index (χ3v) is 5.37. The first-order chi connectivity index (χ1) is 10.8. The van der Waals surface area contributed by atoms with Gasteiger partial charge in [-0.3, -0.25) is 4.40 Å². The van der Waals surface area contributed by atoms with Crippen molar-refractivity contribution in [2.45, 2.75) is 50.4 Å². The molecule has 22 heavy (non-hydrogen) atoms. The summed E-state index contributed by atoms with van der Waals surface area (Å²) in [6.07, 6.45) is 11.0. The first-order valence-electron chi connectivity index (χ1n) is 8.35. The summed E-state index contributed by atoms with van der Waals surface area (Å²) in [5, 5.41) is 9.39. The second-order valence-electron chi connectivity index (χ2n) is 6.90. The average molecular weight is 320 g/mol. The second kappa shape index (κ2) is 5.82. The van der Waals surface area contributed by atoms with Gasteiger partial charge in [0.1, 0.15) is 5.82 Å². The number of hydrogen-bond acceptors (Lipinski definition) is 3. The molecule has 2 saturated carbocycles. The molecule has 2 fully saturated rings. The molecule has 2 aromatic rings. The lowest BCUT2D eigenvalue weighted by molar-refractivity contribution is 0.0685. The zero-order chi connectivity index (χ0) is 15.0. The summed E-state index contributed by atoms with van der Waals surface area (Å²) >= 11 is 6.12. The number of nitrogens with zero attached hydrogens (tertiary/aromatic N) is 3. The summed E-state index contributed by atoms with van der Waals surface area (Å²) in [7, 11) is 0. The SMILES string of the molecule is Clc1ccc2nnc(C3(COCC4CCCCC4)CC3)n2c1. The van der Waals surface area contributed by atoms with E-state index in [9.17, 15) is 0 Å². The van der Waals surface area contributed by atoms with E-state index in [0.717, 1.165) is 43.4 Å². The van der Waals surface area contributed by atoms with Crippen LogP contribution in [0.2, 0.25) is 5.02 Å². The fourth-order valence-electron chi connectivity index (χ4n) is 3.58. The standard InChI is InChI=1S/C17H22ClN3O/c18-14-6-7-15-19-20-16(21(15)10-14)17(8-9-17)12-22-11-13-4-2-1-3-5-13/h6-7,10,13H,1-5,8-9,11-12H2. The maximum Gasteiger partial charge on any atom is 0.160 e. The lowest BCUT2D eigenvalue weighted by atomic mass is 9.90. The van der Waals surface area contributed by atoms with E-state index in [1.165, 1.54) is 32.1 Å². The first kappa shape index (κ1) is 14.5. The zero-order valence-corrected chi connectivity index (χ0v) is 13.6. The van der Waals surface area contributed by atoms with Gasteiger partial charge in [0.05, 0.1) is 17.0 Å². The van der Waals surface area contributed by atoms with Crippen molar-refractivity contribution in [1.82, 2.24) is 14.6 Å². The molecule has 0 amide bonds. The number of ether oxygens (including phenoxy) is 1. The fourth-order valence-corrected chi connectivity index (χ4v) is 3.75. The van der Waals surface area contributed by atoms with Gasteiger partial charge in [-0.25, -0.2) is 0 Å². The smallest absolute Gasteiger partial charge is 0.160 e. The van der Waals surface area contributed by atoms with Gasteiger partial charge in [0.15, 0.2) is 5.65 Å². The summed E-state index contributed by atoms with van der Waals surface area (Å²) in [5.41, 5.74) is 0.914. The Morgan fingerprint density at radius 3 is 2.77 bits per heavy atom. The van der Waals surface area contributed by atoms with Crippen LogP contribution >= 0.6 is 11.6 Å². The van der Waals surface area contributed by atoms with Crippen molar-refractivity contribution in [3.05, 3.63) is 29.2 Å². The van der Waals surface area contributed by atoms with E-state index in [2.05, 4.69) is 10.2 Å². The van der Waals surface area contributed by atoms with Crippen LogP contribution in [0.5, 0.6) is 0 Å². The maximum atomic E-state index is 6.12. The van der Waals surface area contributed by atoms with Gasteiger partial charge in [-0.15, -0.1) is 10.2 Å². The lowest BCUT2D eigenvalue weighted by Crippen LogP contribution is -2.22. The second-order valence-corrected chi connectivity index (χ2v) is 7.34. The predicted molar refractivity (Wildman–Crippen MR) is 86.3 cm³/mol. The highest BCUT2D eigenvalue weighted by atomic mass is 35.5. The first-order valence-corrected chi connectivity index (χ1v) is 8.73. The minimum Gasteiger partial charge on any atom is -0.380 e. The molecule has 118 valence electrons. The minimum absolute atomic E-state index is 0.0543. The molecule has 5 heteroatoms. The van der Waals surface area contributed by atoms with Crippen LogP contribution in [-0.4, -0.2) is 27.8 Å². The summed E-state index contributed by atoms with van der Waals surface area (Å²) in [6, 6.07) is 3.77. The Labute approximate surface area is 135 Å². The molecule has 0 atom stereocenters. The summed E-state index contributed by atoms with van der Waals surface area (Å²) in [6.45, 7) is 1.66. The van der Waals surface area contributed by atoms with E-state index < -0.39 is 0 Å². The minimum atomic E-state index is 0.0543. The Balaban J connectivity index is 1.45. The van der Waals surface area contributed by atoms with E-state index in [0.29, 0.717) is 5.02 Å². The molecule has 2 aliphatic carbocycles. The van der Waals surface area contributed by atoms with E-state index >= 15 is 0 Å². The molecule has 0 radical (unpaired) electrons. The van der Waals surface area contributed by atoms with Gasteiger partial charge < -0.3 is 4.74 Å². The quantitative estimate of drug-likeness (QED) is 0.836. The molecule has 0 aromatic carbocycles. The normalized spacial score (nSPS) is 21.3. The van der Waals surface area contributed by atoms with Crippen molar-refractivity contribution in [2.75, 3.05) is 13.2 Å². The Bertz CT molecular complexity index is 659. The van der Waals surface area contributed by atoms with Crippen molar-refractivity contribution in [1.29, 1.82) is 0 Å². The van der Waals surface area contributed by atoms with Gasteiger partial charge >= 0.3 is 0 Å². The topological polar surface area (TPSA) is 39.4 Å². The highest BCUT2D eigenvalue weighted by molar-refractivity contribution is 6.30. The number of pyridine rings is 1. The Hall–Kier alpha value is -1.13. The molecule has 0 aliphatic heterocycles. The number of hydrogen-bond donors (Lipinski definition) is 0. The molecular formula is C17H22ClN3O. The number of aromatic nitrogens is 3. The van der Waals surface area contributed by atoms with Crippen LogP contribution in [0.4, 0.5) is 0 Å². The molecule has 0 spiro atoms. The van der Waals surface area contributed by atoms with Gasteiger partial charge in [-0.2, -0.15) is 0 Å². The van der Waals surface area contributed by atoms with Gasteiger partial charge in [0.2, 0.25) is 0 Å².